The number of hydrogen-bond donors (Lipinski definition) is 2. The third-order valence-corrected chi connectivity index (χ3v) is 1.19. The lowest BCUT2D eigenvalue weighted by Crippen LogP contribution is -2.25. The Morgan fingerprint density at radius 3 is 2.13 bits per heavy atom. The summed E-state index contributed by atoms with van der Waals surface area (Å²) in [6.07, 6.45) is 1.31. The number of aliphatic hydroxyl groups excluding tert-OH is 1. The average molecular weight is 246 g/mol. The molecule has 2 N–H and O–H groups in total. The Bertz CT molecular complexity index is 216. The quantitative estimate of drug-likeness (QED) is 0.590. The SMILES string of the molecule is C=CC(C)(C)OCC(C)O.O=P(O)(F)F. The molecule has 15 heavy (non-hydrogen) atoms. The Hall–Kier alpha value is -0.290. The van der Waals surface area contributed by atoms with E-state index in [9.17, 15) is 8.39 Å². The molecule has 7 heteroatoms. The van der Waals surface area contributed by atoms with Crippen LogP contribution < -0.4 is 0 Å². The second-order valence-electron chi connectivity index (χ2n) is 3.40. The molecule has 0 amide bonds. The third kappa shape index (κ3) is 24.8. The maximum atomic E-state index is 10.1. The molecule has 0 spiro atoms. The lowest BCUT2D eigenvalue weighted by Gasteiger charge is -2.21. The lowest BCUT2D eigenvalue weighted by atomic mass is 10.1. The number of halogens is 2. The van der Waals surface area contributed by atoms with Crippen molar-refractivity contribution in [3.8, 4) is 0 Å². The highest BCUT2D eigenvalue weighted by atomic mass is 31.2. The smallest absolute Gasteiger partial charge is 0.391 e. The summed E-state index contributed by atoms with van der Waals surface area (Å²) in [5.41, 5.74) is -0.322. The second-order valence-corrected chi connectivity index (χ2v) is 4.27. The van der Waals surface area contributed by atoms with Gasteiger partial charge in [0.05, 0.1) is 18.3 Å². The summed E-state index contributed by atoms with van der Waals surface area (Å²) in [5, 5.41) is 8.85. The molecule has 0 fully saturated rings. The van der Waals surface area contributed by atoms with Crippen molar-refractivity contribution in [3.63, 3.8) is 0 Å². The molecule has 0 saturated heterocycles. The molecule has 0 aliphatic rings. The monoisotopic (exact) mass is 246 g/mol. The highest BCUT2D eigenvalue weighted by Crippen LogP contribution is 2.43. The number of rotatable bonds is 4. The van der Waals surface area contributed by atoms with Crippen molar-refractivity contribution < 1.29 is 27.7 Å². The van der Waals surface area contributed by atoms with Gasteiger partial charge in [-0.1, -0.05) is 6.08 Å². The van der Waals surface area contributed by atoms with Crippen molar-refractivity contribution in [1.29, 1.82) is 0 Å². The molecule has 0 bridgehead atoms. The predicted octanol–water partition coefficient (Wildman–Crippen LogP) is 2.37. The summed E-state index contributed by atoms with van der Waals surface area (Å²) in [7, 11) is -5.64. The molecule has 0 aromatic rings. The van der Waals surface area contributed by atoms with Crippen LogP contribution in [0.3, 0.4) is 0 Å². The zero-order chi connectivity index (χ0) is 12.7. The van der Waals surface area contributed by atoms with E-state index in [0.29, 0.717) is 6.61 Å². The van der Waals surface area contributed by atoms with Gasteiger partial charge >= 0.3 is 7.99 Å². The Balaban J connectivity index is 0. The van der Waals surface area contributed by atoms with Crippen LogP contribution in [0.25, 0.3) is 0 Å². The maximum Gasteiger partial charge on any atom is 0.549 e. The Labute approximate surface area is 88.3 Å². The molecule has 92 valence electrons. The fourth-order valence-corrected chi connectivity index (χ4v) is 0.394. The van der Waals surface area contributed by atoms with Gasteiger partial charge in [-0.3, -0.25) is 4.89 Å². The maximum absolute atomic E-state index is 10.1. The van der Waals surface area contributed by atoms with Crippen LogP contribution in [-0.4, -0.2) is 28.3 Å². The molecule has 0 aromatic carbocycles. The largest absolute Gasteiger partial charge is 0.549 e. The number of hydrogen-bond acceptors (Lipinski definition) is 3. The van der Waals surface area contributed by atoms with Crippen LogP contribution in [0.5, 0.6) is 0 Å². The Morgan fingerprint density at radius 2 is 1.93 bits per heavy atom. The summed E-state index contributed by atoms with van der Waals surface area (Å²) in [6, 6.07) is 0. The van der Waals surface area contributed by atoms with Crippen molar-refractivity contribution in [1.82, 2.24) is 0 Å². The van der Waals surface area contributed by atoms with Gasteiger partial charge in [0.1, 0.15) is 0 Å². The molecule has 0 aromatic heterocycles. The van der Waals surface area contributed by atoms with E-state index in [4.69, 9.17) is 19.3 Å². The molecule has 0 heterocycles. The minimum Gasteiger partial charge on any atom is -0.391 e. The molecule has 0 aliphatic carbocycles. The first kappa shape index (κ1) is 17.1. The summed E-state index contributed by atoms with van der Waals surface area (Å²) in [5.74, 6) is 0. The third-order valence-electron chi connectivity index (χ3n) is 1.19. The van der Waals surface area contributed by atoms with Gasteiger partial charge in [-0.05, 0) is 20.8 Å². The van der Waals surface area contributed by atoms with Gasteiger partial charge in [-0.15, -0.1) is 15.0 Å². The van der Waals surface area contributed by atoms with Crippen molar-refractivity contribution in [2.24, 2.45) is 0 Å². The highest BCUT2D eigenvalue weighted by Gasteiger charge is 2.13. The van der Waals surface area contributed by atoms with Gasteiger partial charge in [0.2, 0.25) is 0 Å². The molecular weight excluding hydrogens is 229 g/mol. The Morgan fingerprint density at radius 1 is 1.60 bits per heavy atom. The normalized spacial score (nSPS) is 13.8. The van der Waals surface area contributed by atoms with Gasteiger partial charge in [0.25, 0.3) is 0 Å². The first-order chi connectivity index (χ1) is 6.48. The van der Waals surface area contributed by atoms with Crippen molar-refractivity contribution in [2.45, 2.75) is 32.5 Å². The summed E-state index contributed by atoms with van der Waals surface area (Å²) in [4.78, 5) is 6.74. The van der Waals surface area contributed by atoms with Crippen molar-refractivity contribution in [3.05, 3.63) is 12.7 Å². The zero-order valence-electron chi connectivity index (χ0n) is 8.98. The zero-order valence-corrected chi connectivity index (χ0v) is 9.88. The minimum absolute atomic E-state index is 0.322. The summed E-state index contributed by atoms with van der Waals surface area (Å²) in [6.45, 7) is 9.47. The predicted molar refractivity (Wildman–Crippen MR) is 54.0 cm³/mol. The molecular formula is C8H17F2O4P. The Kier molecular flexibility index (Phi) is 8.06. The molecule has 0 saturated carbocycles. The van der Waals surface area contributed by atoms with Gasteiger partial charge in [0.15, 0.2) is 0 Å². The fourth-order valence-electron chi connectivity index (χ4n) is 0.394. The van der Waals surface area contributed by atoms with Crippen LogP contribution in [0.2, 0.25) is 0 Å². The molecule has 0 aliphatic heterocycles. The molecule has 1 unspecified atom stereocenters. The van der Waals surface area contributed by atoms with E-state index in [1.165, 1.54) is 0 Å². The van der Waals surface area contributed by atoms with Crippen molar-refractivity contribution >= 4 is 7.99 Å². The van der Waals surface area contributed by atoms with Gasteiger partial charge in [-0.25, -0.2) is 4.57 Å². The standard InChI is InChI=1S/C8H16O2.F2HO2P/c1-5-8(3,4)10-6-7(2)9;1-5(2,3)4/h5,7,9H,1,6H2,2-4H3;(H,3,4). The molecule has 1 atom stereocenters. The van der Waals surface area contributed by atoms with Crippen LogP contribution in [0.4, 0.5) is 8.39 Å². The molecule has 0 rings (SSSR count). The van der Waals surface area contributed by atoms with Crippen LogP contribution >= 0.6 is 7.99 Å². The average Bonchev–Trinajstić information content (AvgIpc) is 1.98. The van der Waals surface area contributed by atoms with E-state index in [0.717, 1.165) is 0 Å². The minimum atomic E-state index is -5.64. The topological polar surface area (TPSA) is 66.8 Å². The van der Waals surface area contributed by atoms with E-state index in [1.54, 1.807) is 13.0 Å². The first-order valence-corrected chi connectivity index (χ1v) is 5.60. The van der Waals surface area contributed by atoms with E-state index in [1.807, 2.05) is 13.8 Å². The van der Waals surface area contributed by atoms with Crippen LogP contribution in [-0.2, 0) is 9.30 Å². The number of aliphatic hydroxyl groups is 1. The van der Waals surface area contributed by atoms with Gasteiger partial charge in [0, 0.05) is 0 Å². The van der Waals surface area contributed by atoms with Gasteiger partial charge < -0.3 is 9.84 Å². The fraction of sp³-hybridized carbons (Fsp3) is 0.750. The second kappa shape index (κ2) is 7.06. The first-order valence-electron chi connectivity index (χ1n) is 4.15. The summed E-state index contributed by atoms with van der Waals surface area (Å²) >= 11 is 0. The van der Waals surface area contributed by atoms with Gasteiger partial charge in [-0.2, -0.15) is 0 Å². The van der Waals surface area contributed by atoms with Crippen LogP contribution in [0.15, 0.2) is 12.7 Å². The van der Waals surface area contributed by atoms with Crippen molar-refractivity contribution in [2.75, 3.05) is 6.61 Å². The molecule has 4 nitrogen and oxygen atoms in total. The molecule has 0 radical (unpaired) electrons. The lowest BCUT2D eigenvalue weighted by molar-refractivity contribution is -0.0269. The van der Waals surface area contributed by atoms with E-state index in [2.05, 4.69) is 6.58 Å². The van der Waals surface area contributed by atoms with E-state index < -0.39 is 14.1 Å². The number of ether oxygens (including phenoxy) is 1. The van der Waals surface area contributed by atoms with E-state index >= 15 is 0 Å². The van der Waals surface area contributed by atoms with Crippen LogP contribution in [0.1, 0.15) is 20.8 Å². The summed E-state index contributed by atoms with van der Waals surface area (Å²) < 4.78 is 34.0. The highest BCUT2D eigenvalue weighted by molar-refractivity contribution is 7.46. The van der Waals surface area contributed by atoms with Crippen LogP contribution in [0, 0.1) is 0 Å². The van der Waals surface area contributed by atoms with E-state index in [-0.39, 0.29) is 5.60 Å².